The van der Waals surface area contributed by atoms with Crippen molar-refractivity contribution in [3.05, 3.63) is 30.1 Å². The molecule has 1 aromatic heterocycles. The highest BCUT2D eigenvalue weighted by atomic mass is 15.0. The Morgan fingerprint density at radius 3 is 2.93 bits per heavy atom. The van der Waals surface area contributed by atoms with E-state index in [1.807, 2.05) is 25.0 Å². The van der Waals surface area contributed by atoms with Crippen LogP contribution in [0.5, 0.6) is 0 Å². The van der Waals surface area contributed by atoms with E-state index in [0.717, 1.165) is 5.52 Å². The predicted octanol–water partition coefficient (Wildman–Crippen LogP) is 1.85. The Hall–Kier alpha value is -1.35. The lowest BCUT2D eigenvalue weighted by atomic mass is 10.1. The van der Waals surface area contributed by atoms with Gasteiger partial charge < -0.3 is 9.88 Å². The Morgan fingerprint density at radius 2 is 2.21 bits per heavy atom. The molecular formula is C11H15N3. The summed E-state index contributed by atoms with van der Waals surface area (Å²) in [6.45, 7) is 2.14. The van der Waals surface area contributed by atoms with E-state index < -0.39 is 0 Å². The van der Waals surface area contributed by atoms with Gasteiger partial charge in [-0.1, -0.05) is 6.07 Å². The van der Waals surface area contributed by atoms with Gasteiger partial charge >= 0.3 is 0 Å². The largest absolute Gasteiger partial charge is 0.334 e. The van der Waals surface area contributed by atoms with Crippen molar-refractivity contribution in [2.45, 2.75) is 13.0 Å². The molecule has 0 spiro atoms. The van der Waals surface area contributed by atoms with Gasteiger partial charge in [0.1, 0.15) is 0 Å². The Kier molecular flexibility index (Phi) is 2.25. The van der Waals surface area contributed by atoms with Crippen molar-refractivity contribution in [2.24, 2.45) is 7.05 Å². The van der Waals surface area contributed by atoms with Crippen molar-refractivity contribution < 1.29 is 0 Å². The van der Waals surface area contributed by atoms with Crippen LogP contribution in [0.25, 0.3) is 11.0 Å². The van der Waals surface area contributed by atoms with Crippen LogP contribution in [0.2, 0.25) is 0 Å². The van der Waals surface area contributed by atoms with E-state index in [2.05, 4.69) is 35.4 Å². The van der Waals surface area contributed by atoms with E-state index in [0.29, 0.717) is 6.04 Å². The zero-order chi connectivity index (χ0) is 10.1. The highest BCUT2D eigenvalue weighted by molar-refractivity contribution is 5.76. The molecule has 74 valence electrons. The summed E-state index contributed by atoms with van der Waals surface area (Å²) in [7, 11) is 3.98. The molecule has 0 fully saturated rings. The first-order chi connectivity index (χ1) is 6.72. The molecule has 0 saturated carbocycles. The molecule has 1 aromatic carbocycles. The molecule has 0 aliphatic carbocycles. The van der Waals surface area contributed by atoms with Crippen LogP contribution in [0.1, 0.15) is 18.5 Å². The SMILES string of the molecule is CNC(C)c1ccc2c(c1)ncn2C. The molecule has 2 rings (SSSR count). The van der Waals surface area contributed by atoms with Crippen molar-refractivity contribution in [2.75, 3.05) is 7.05 Å². The molecule has 0 aliphatic rings. The van der Waals surface area contributed by atoms with Crippen LogP contribution in [0.3, 0.4) is 0 Å². The molecule has 2 aromatic rings. The van der Waals surface area contributed by atoms with Gasteiger partial charge in [0.25, 0.3) is 0 Å². The lowest BCUT2D eigenvalue weighted by molar-refractivity contribution is 0.653. The van der Waals surface area contributed by atoms with Crippen molar-refractivity contribution in [3.63, 3.8) is 0 Å². The summed E-state index contributed by atoms with van der Waals surface area (Å²) in [5.74, 6) is 0. The monoisotopic (exact) mass is 189 g/mol. The summed E-state index contributed by atoms with van der Waals surface area (Å²) in [6, 6.07) is 6.77. The third-order valence-electron chi connectivity index (χ3n) is 2.68. The third-order valence-corrected chi connectivity index (χ3v) is 2.68. The predicted molar refractivity (Wildman–Crippen MR) is 58.2 cm³/mol. The van der Waals surface area contributed by atoms with Gasteiger partial charge in [0.2, 0.25) is 0 Å². The molecule has 0 aliphatic heterocycles. The molecule has 3 nitrogen and oxygen atoms in total. The van der Waals surface area contributed by atoms with Gasteiger partial charge in [0, 0.05) is 13.1 Å². The number of hydrogen-bond acceptors (Lipinski definition) is 2. The second kappa shape index (κ2) is 3.42. The molecule has 0 amide bonds. The first kappa shape index (κ1) is 9.21. The molecule has 0 saturated heterocycles. The standard InChI is InChI=1S/C11H15N3/c1-8(12-2)9-4-5-11-10(6-9)13-7-14(11)3/h4-8,12H,1-3H3. The average Bonchev–Trinajstić information content (AvgIpc) is 2.59. The summed E-state index contributed by atoms with van der Waals surface area (Å²) in [6.07, 6.45) is 1.85. The lowest BCUT2D eigenvalue weighted by Crippen LogP contribution is -2.11. The van der Waals surface area contributed by atoms with Gasteiger partial charge in [-0.05, 0) is 31.7 Å². The molecule has 1 atom stereocenters. The van der Waals surface area contributed by atoms with E-state index in [1.54, 1.807) is 0 Å². The maximum atomic E-state index is 4.33. The van der Waals surface area contributed by atoms with Crippen molar-refractivity contribution in [1.82, 2.24) is 14.9 Å². The van der Waals surface area contributed by atoms with Gasteiger partial charge in [0.05, 0.1) is 17.4 Å². The van der Waals surface area contributed by atoms with Crippen molar-refractivity contribution in [1.29, 1.82) is 0 Å². The van der Waals surface area contributed by atoms with E-state index in [4.69, 9.17) is 0 Å². The fourth-order valence-corrected chi connectivity index (χ4v) is 1.59. The Morgan fingerprint density at radius 1 is 1.43 bits per heavy atom. The van der Waals surface area contributed by atoms with E-state index in [9.17, 15) is 0 Å². The topological polar surface area (TPSA) is 29.9 Å². The second-order valence-electron chi connectivity index (χ2n) is 3.61. The van der Waals surface area contributed by atoms with Crippen molar-refractivity contribution in [3.8, 4) is 0 Å². The summed E-state index contributed by atoms with van der Waals surface area (Å²) >= 11 is 0. The first-order valence-corrected chi connectivity index (χ1v) is 4.80. The highest BCUT2D eigenvalue weighted by Crippen LogP contribution is 2.18. The molecule has 1 unspecified atom stereocenters. The van der Waals surface area contributed by atoms with Crippen LogP contribution < -0.4 is 5.32 Å². The molecule has 1 heterocycles. The van der Waals surface area contributed by atoms with Crippen LogP contribution in [-0.2, 0) is 7.05 Å². The minimum Gasteiger partial charge on any atom is -0.334 e. The zero-order valence-electron chi connectivity index (χ0n) is 8.78. The smallest absolute Gasteiger partial charge is 0.0955 e. The number of nitrogens with zero attached hydrogens (tertiary/aromatic N) is 2. The summed E-state index contributed by atoms with van der Waals surface area (Å²) in [5, 5.41) is 3.22. The maximum absolute atomic E-state index is 4.33. The Balaban J connectivity index is 2.52. The minimum atomic E-state index is 0.376. The number of benzene rings is 1. The van der Waals surface area contributed by atoms with Gasteiger partial charge in [-0.15, -0.1) is 0 Å². The number of imidazole rings is 1. The lowest BCUT2D eigenvalue weighted by Gasteiger charge is -2.09. The van der Waals surface area contributed by atoms with Gasteiger partial charge in [-0.2, -0.15) is 0 Å². The second-order valence-corrected chi connectivity index (χ2v) is 3.61. The van der Waals surface area contributed by atoms with Crippen LogP contribution in [0, 0.1) is 0 Å². The summed E-state index contributed by atoms with van der Waals surface area (Å²) in [4.78, 5) is 4.33. The normalized spacial score (nSPS) is 13.4. The number of rotatable bonds is 2. The van der Waals surface area contributed by atoms with Crippen LogP contribution >= 0.6 is 0 Å². The minimum absolute atomic E-state index is 0.376. The van der Waals surface area contributed by atoms with Crippen LogP contribution in [0.4, 0.5) is 0 Å². The quantitative estimate of drug-likeness (QED) is 0.781. The third kappa shape index (κ3) is 1.40. The van der Waals surface area contributed by atoms with Crippen LogP contribution in [0.15, 0.2) is 24.5 Å². The van der Waals surface area contributed by atoms with Gasteiger partial charge in [-0.3, -0.25) is 0 Å². The molecule has 3 heteroatoms. The molecule has 0 bridgehead atoms. The molecule has 0 radical (unpaired) electrons. The maximum Gasteiger partial charge on any atom is 0.0955 e. The summed E-state index contributed by atoms with van der Waals surface area (Å²) < 4.78 is 2.03. The highest BCUT2D eigenvalue weighted by Gasteiger charge is 2.05. The van der Waals surface area contributed by atoms with E-state index in [-0.39, 0.29) is 0 Å². The fourth-order valence-electron chi connectivity index (χ4n) is 1.59. The number of fused-ring (bicyclic) bond motifs is 1. The summed E-state index contributed by atoms with van der Waals surface area (Å²) in [5.41, 5.74) is 3.52. The van der Waals surface area contributed by atoms with Crippen molar-refractivity contribution >= 4 is 11.0 Å². The van der Waals surface area contributed by atoms with E-state index in [1.165, 1.54) is 11.1 Å². The van der Waals surface area contributed by atoms with E-state index >= 15 is 0 Å². The molecular weight excluding hydrogens is 174 g/mol. The zero-order valence-corrected chi connectivity index (χ0v) is 8.78. The molecule has 14 heavy (non-hydrogen) atoms. The van der Waals surface area contributed by atoms with Gasteiger partial charge in [0.15, 0.2) is 0 Å². The number of hydrogen-bond donors (Lipinski definition) is 1. The number of nitrogens with one attached hydrogen (secondary N) is 1. The fraction of sp³-hybridized carbons (Fsp3) is 0.364. The molecule has 1 N–H and O–H groups in total. The number of aromatic nitrogens is 2. The van der Waals surface area contributed by atoms with Gasteiger partial charge in [-0.25, -0.2) is 4.98 Å². The average molecular weight is 189 g/mol. The Bertz CT molecular complexity index is 445. The Labute approximate surface area is 83.8 Å². The first-order valence-electron chi connectivity index (χ1n) is 4.80. The van der Waals surface area contributed by atoms with Crippen LogP contribution in [-0.4, -0.2) is 16.6 Å². The number of aryl methyl sites for hydroxylation is 1.